The fourth-order valence-electron chi connectivity index (χ4n) is 5.17. The highest BCUT2D eigenvalue weighted by atomic mass is 32.2. The van der Waals surface area contributed by atoms with Crippen molar-refractivity contribution in [3.05, 3.63) is 52.3 Å². The second-order valence-corrected chi connectivity index (χ2v) is 12.6. The number of thiazole rings is 1. The van der Waals surface area contributed by atoms with E-state index < -0.39 is 9.84 Å². The summed E-state index contributed by atoms with van der Waals surface area (Å²) in [6, 6.07) is 10.1. The molecule has 5 rings (SSSR count). The number of hydrogen-bond donors (Lipinski definition) is 0. The third-order valence-corrected chi connectivity index (χ3v) is 9.66. The number of benzene rings is 1. The molecule has 1 unspecified atom stereocenters. The minimum atomic E-state index is -2.97. The van der Waals surface area contributed by atoms with Gasteiger partial charge in [-0.3, -0.25) is 14.6 Å². The molecule has 0 bridgehead atoms. The molecule has 2 aliphatic heterocycles. The van der Waals surface area contributed by atoms with Crippen molar-refractivity contribution in [1.82, 2.24) is 19.4 Å². The third kappa shape index (κ3) is 4.77. The summed E-state index contributed by atoms with van der Waals surface area (Å²) in [5.41, 5.74) is 3.66. The fourth-order valence-corrected chi connectivity index (χ4v) is 7.88. The molecule has 33 heavy (non-hydrogen) atoms. The summed E-state index contributed by atoms with van der Waals surface area (Å²) in [6.45, 7) is 8.72. The molecule has 9 heteroatoms. The molecule has 0 aliphatic carbocycles. The molecule has 2 fully saturated rings. The minimum Gasteiger partial charge on any atom is -0.344 e. The number of hydrogen-bond acceptors (Lipinski definition) is 7. The van der Waals surface area contributed by atoms with Crippen LogP contribution in [0, 0.1) is 13.8 Å². The van der Waals surface area contributed by atoms with Crippen LogP contribution in [0.1, 0.15) is 39.2 Å². The smallest absolute Gasteiger partial charge is 0.178 e. The molecular formula is C24H30N4O3S2. The van der Waals surface area contributed by atoms with Crippen molar-refractivity contribution in [2.45, 2.75) is 32.9 Å². The van der Waals surface area contributed by atoms with Gasteiger partial charge in [-0.05, 0) is 38.5 Å². The number of nitrogens with zero attached hydrogens (tertiary/aromatic N) is 4. The Morgan fingerprint density at radius 2 is 1.85 bits per heavy atom. The van der Waals surface area contributed by atoms with Crippen molar-refractivity contribution in [2.75, 3.05) is 44.2 Å². The minimum absolute atomic E-state index is 0.0531. The third-order valence-electron chi connectivity index (χ3n) is 6.89. The largest absolute Gasteiger partial charge is 0.344 e. The van der Waals surface area contributed by atoms with Crippen LogP contribution in [0.15, 0.2) is 30.3 Å². The first-order valence-corrected chi connectivity index (χ1v) is 14.1. The summed E-state index contributed by atoms with van der Waals surface area (Å²) in [4.78, 5) is 22.5. The quantitative estimate of drug-likeness (QED) is 0.499. The van der Waals surface area contributed by atoms with Crippen LogP contribution in [0.3, 0.4) is 0 Å². The predicted octanol–water partition coefficient (Wildman–Crippen LogP) is 3.07. The molecule has 7 nitrogen and oxygen atoms in total. The molecule has 2 aliphatic rings. The monoisotopic (exact) mass is 486 g/mol. The van der Waals surface area contributed by atoms with Crippen molar-refractivity contribution in [2.24, 2.45) is 0 Å². The van der Waals surface area contributed by atoms with Gasteiger partial charge in [-0.2, -0.15) is 0 Å². The van der Waals surface area contributed by atoms with Gasteiger partial charge < -0.3 is 4.57 Å². The van der Waals surface area contributed by atoms with E-state index in [0.29, 0.717) is 13.0 Å². The molecule has 0 amide bonds. The molecule has 0 saturated carbocycles. The van der Waals surface area contributed by atoms with Gasteiger partial charge >= 0.3 is 0 Å². The van der Waals surface area contributed by atoms with E-state index in [9.17, 15) is 13.2 Å². The van der Waals surface area contributed by atoms with Gasteiger partial charge in [0.2, 0.25) is 0 Å². The van der Waals surface area contributed by atoms with E-state index in [2.05, 4.69) is 26.5 Å². The van der Waals surface area contributed by atoms with Crippen LogP contribution in [0.4, 0.5) is 0 Å². The van der Waals surface area contributed by atoms with Crippen LogP contribution in [-0.2, 0) is 16.4 Å². The molecule has 1 aromatic carbocycles. The van der Waals surface area contributed by atoms with E-state index >= 15 is 0 Å². The number of sulfone groups is 1. The number of para-hydroxylation sites is 1. The van der Waals surface area contributed by atoms with E-state index in [0.717, 1.165) is 60.2 Å². The Morgan fingerprint density at radius 1 is 1.12 bits per heavy atom. The standard InChI is InChI=1S/C24H30N4O3S2/c1-17-13-20(18(2)28(17)19-7-12-33(30,31)16-19)22(29)14-26-8-10-27(11-9-26)15-24-25-21-5-3-4-6-23(21)32-24/h3-6,13,19H,7-12,14-16H2,1-2H3. The fraction of sp³-hybridized carbons (Fsp3) is 0.500. The first-order chi connectivity index (χ1) is 15.8. The lowest BCUT2D eigenvalue weighted by molar-refractivity contribution is 0.0843. The number of piperazine rings is 1. The molecule has 2 aromatic heterocycles. The van der Waals surface area contributed by atoms with Gasteiger partial charge in [0.05, 0.1) is 34.8 Å². The Balaban J connectivity index is 1.18. The summed E-state index contributed by atoms with van der Waals surface area (Å²) in [5.74, 6) is 0.530. The first kappa shape index (κ1) is 22.7. The van der Waals surface area contributed by atoms with Crippen molar-refractivity contribution in [3.8, 4) is 0 Å². The van der Waals surface area contributed by atoms with Gasteiger partial charge in [-0.15, -0.1) is 11.3 Å². The highest BCUT2D eigenvalue weighted by Crippen LogP contribution is 2.29. The van der Waals surface area contributed by atoms with E-state index in [1.807, 2.05) is 32.0 Å². The topological polar surface area (TPSA) is 75.5 Å². The highest BCUT2D eigenvalue weighted by molar-refractivity contribution is 7.91. The molecule has 3 aromatic rings. The van der Waals surface area contributed by atoms with E-state index in [1.54, 1.807) is 11.3 Å². The molecular weight excluding hydrogens is 456 g/mol. The molecule has 0 N–H and O–H groups in total. The zero-order valence-electron chi connectivity index (χ0n) is 19.2. The van der Waals surface area contributed by atoms with Crippen molar-refractivity contribution < 1.29 is 13.2 Å². The van der Waals surface area contributed by atoms with E-state index in [-0.39, 0.29) is 23.3 Å². The number of ketones is 1. The average molecular weight is 487 g/mol. The molecule has 1 atom stereocenters. The van der Waals surface area contributed by atoms with Crippen LogP contribution >= 0.6 is 11.3 Å². The van der Waals surface area contributed by atoms with Crippen LogP contribution < -0.4 is 0 Å². The van der Waals surface area contributed by atoms with Crippen molar-refractivity contribution >= 4 is 37.2 Å². The number of rotatable bonds is 6. The molecule has 176 valence electrons. The van der Waals surface area contributed by atoms with Crippen molar-refractivity contribution in [3.63, 3.8) is 0 Å². The summed E-state index contributed by atoms with van der Waals surface area (Å²) in [5, 5.41) is 1.14. The van der Waals surface area contributed by atoms with E-state index in [1.165, 1.54) is 4.70 Å². The summed E-state index contributed by atoms with van der Waals surface area (Å²) in [7, 11) is -2.97. The summed E-state index contributed by atoms with van der Waals surface area (Å²) < 4.78 is 27.2. The van der Waals surface area contributed by atoms with Crippen LogP contribution in [-0.4, -0.2) is 77.8 Å². The van der Waals surface area contributed by atoms with E-state index in [4.69, 9.17) is 4.98 Å². The Morgan fingerprint density at radius 3 is 2.55 bits per heavy atom. The van der Waals surface area contributed by atoms with Crippen LogP contribution in [0.5, 0.6) is 0 Å². The normalized spacial score (nSPS) is 21.7. The van der Waals surface area contributed by atoms with Gasteiger partial charge in [0.1, 0.15) is 5.01 Å². The highest BCUT2D eigenvalue weighted by Gasteiger charge is 2.32. The number of carbonyl (C=O) groups excluding carboxylic acids is 1. The molecule has 0 radical (unpaired) electrons. The number of fused-ring (bicyclic) bond motifs is 1. The Hall–Kier alpha value is -2.07. The summed E-state index contributed by atoms with van der Waals surface area (Å²) >= 11 is 1.75. The lowest BCUT2D eigenvalue weighted by Crippen LogP contribution is -2.47. The second-order valence-electron chi connectivity index (χ2n) is 9.26. The average Bonchev–Trinajstić information content (AvgIpc) is 3.43. The van der Waals surface area contributed by atoms with Gasteiger partial charge in [-0.25, -0.2) is 13.4 Å². The first-order valence-electron chi connectivity index (χ1n) is 11.5. The molecule has 2 saturated heterocycles. The number of aromatic nitrogens is 2. The van der Waals surface area contributed by atoms with Crippen molar-refractivity contribution in [1.29, 1.82) is 0 Å². The Bertz CT molecular complexity index is 1250. The summed E-state index contributed by atoms with van der Waals surface area (Å²) in [6.07, 6.45) is 0.628. The second kappa shape index (κ2) is 8.94. The van der Waals surface area contributed by atoms with Gasteiger partial charge in [0.15, 0.2) is 15.6 Å². The predicted molar refractivity (Wildman–Crippen MR) is 132 cm³/mol. The number of Topliss-reactive ketones (excluding diaryl/α,β-unsaturated/α-hetero) is 1. The maximum Gasteiger partial charge on any atom is 0.178 e. The molecule has 0 spiro atoms. The van der Waals surface area contributed by atoms with Crippen LogP contribution in [0.25, 0.3) is 10.2 Å². The molecule has 4 heterocycles. The zero-order chi connectivity index (χ0) is 23.2. The van der Waals surface area contributed by atoms with Gasteiger partial charge in [0.25, 0.3) is 0 Å². The lowest BCUT2D eigenvalue weighted by atomic mass is 10.1. The maximum atomic E-state index is 13.1. The maximum absolute atomic E-state index is 13.1. The van der Waals surface area contributed by atoms with Gasteiger partial charge in [0, 0.05) is 49.2 Å². The number of aryl methyl sites for hydroxylation is 1. The van der Waals surface area contributed by atoms with Crippen LogP contribution in [0.2, 0.25) is 0 Å². The zero-order valence-corrected chi connectivity index (χ0v) is 20.8. The van der Waals surface area contributed by atoms with Gasteiger partial charge in [-0.1, -0.05) is 12.1 Å². The Labute approximate surface area is 198 Å². The SMILES string of the molecule is Cc1cc(C(=O)CN2CCN(Cc3nc4ccccc4s3)CC2)c(C)n1C1CCS(=O)(=O)C1. The number of carbonyl (C=O) groups is 1. The lowest BCUT2D eigenvalue weighted by Gasteiger charge is -2.33. The Kier molecular flexibility index (Phi) is 6.15.